The molecular weight excluding hydrogens is 322 g/mol. The summed E-state index contributed by atoms with van der Waals surface area (Å²) in [6.07, 6.45) is 0. The first-order chi connectivity index (χ1) is 10.5. The number of halogens is 3. The number of anilines is 1. The minimum atomic E-state index is -0.286. The molecule has 2 aromatic carbocycles. The van der Waals surface area contributed by atoms with Crippen molar-refractivity contribution >= 4 is 39.9 Å². The summed E-state index contributed by atoms with van der Waals surface area (Å²) in [7, 11) is 0. The molecule has 3 aromatic rings. The van der Waals surface area contributed by atoms with Crippen LogP contribution in [0.4, 0.5) is 10.2 Å². The molecule has 3 rings (SSSR count). The molecule has 0 aliphatic rings. The molecule has 112 valence electrons. The lowest BCUT2D eigenvalue weighted by molar-refractivity contribution is 0.620. The average Bonchev–Trinajstić information content (AvgIpc) is 2.51. The van der Waals surface area contributed by atoms with Crippen LogP contribution in [0.25, 0.3) is 10.9 Å². The van der Waals surface area contributed by atoms with Gasteiger partial charge >= 0.3 is 0 Å². The molecule has 22 heavy (non-hydrogen) atoms. The minimum absolute atomic E-state index is 0.286. The third-order valence-electron chi connectivity index (χ3n) is 3.50. The van der Waals surface area contributed by atoms with Crippen LogP contribution >= 0.6 is 23.2 Å². The maximum atomic E-state index is 13.7. The van der Waals surface area contributed by atoms with Gasteiger partial charge < -0.3 is 5.32 Å². The van der Waals surface area contributed by atoms with E-state index in [-0.39, 0.29) is 5.82 Å². The number of benzene rings is 2. The van der Waals surface area contributed by atoms with Crippen molar-refractivity contribution in [3.63, 3.8) is 0 Å². The van der Waals surface area contributed by atoms with E-state index >= 15 is 0 Å². The van der Waals surface area contributed by atoms with E-state index in [9.17, 15) is 4.39 Å². The van der Waals surface area contributed by atoms with Crippen LogP contribution in [0.15, 0.2) is 42.5 Å². The zero-order valence-corrected chi connectivity index (χ0v) is 13.3. The number of nitrogens with one attached hydrogen (secondary N) is 1. The monoisotopic (exact) mass is 334 g/mol. The summed E-state index contributed by atoms with van der Waals surface area (Å²) in [6, 6.07) is 12.3. The highest BCUT2D eigenvalue weighted by molar-refractivity contribution is 6.35. The first-order valence-electron chi connectivity index (χ1n) is 6.78. The van der Waals surface area contributed by atoms with Crippen LogP contribution in [0, 0.1) is 12.7 Å². The van der Waals surface area contributed by atoms with Gasteiger partial charge in [-0.2, -0.15) is 0 Å². The van der Waals surface area contributed by atoms with Crippen molar-refractivity contribution in [3.8, 4) is 0 Å². The van der Waals surface area contributed by atoms with E-state index in [2.05, 4.69) is 10.3 Å². The first kappa shape index (κ1) is 15.1. The van der Waals surface area contributed by atoms with E-state index in [0.717, 1.165) is 10.9 Å². The summed E-state index contributed by atoms with van der Waals surface area (Å²) in [5.74, 6) is 0.326. The molecule has 0 fully saturated rings. The summed E-state index contributed by atoms with van der Waals surface area (Å²) in [4.78, 5) is 4.47. The Balaban J connectivity index is 1.91. The lowest BCUT2D eigenvalue weighted by Gasteiger charge is -2.10. The quantitative estimate of drug-likeness (QED) is 0.674. The van der Waals surface area contributed by atoms with E-state index in [1.165, 1.54) is 6.07 Å². The molecule has 5 heteroatoms. The van der Waals surface area contributed by atoms with Crippen LogP contribution in [0.2, 0.25) is 10.0 Å². The predicted octanol–water partition coefficient (Wildman–Crippen LogP) is 5.60. The van der Waals surface area contributed by atoms with Gasteiger partial charge in [-0.25, -0.2) is 9.37 Å². The van der Waals surface area contributed by atoms with Crippen molar-refractivity contribution in [2.45, 2.75) is 13.5 Å². The second kappa shape index (κ2) is 6.11. The van der Waals surface area contributed by atoms with Gasteiger partial charge in [-0.15, -0.1) is 0 Å². The Labute approximate surface area is 137 Å². The maximum absolute atomic E-state index is 13.7. The smallest absolute Gasteiger partial charge is 0.128 e. The average molecular weight is 335 g/mol. The lowest BCUT2D eigenvalue weighted by Crippen LogP contribution is -2.02. The second-order valence-electron chi connectivity index (χ2n) is 5.04. The number of hydrogen-bond acceptors (Lipinski definition) is 2. The van der Waals surface area contributed by atoms with Crippen LogP contribution < -0.4 is 5.32 Å². The molecule has 0 bridgehead atoms. The zero-order chi connectivity index (χ0) is 15.7. The lowest BCUT2D eigenvalue weighted by atomic mass is 10.1. The Hall–Kier alpha value is -1.84. The fourth-order valence-electron chi connectivity index (χ4n) is 2.25. The summed E-state index contributed by atoms with van der Waals surface area (Å²) in [6.45, 7) is 2.28. The largest absolute Gasteiger partial charge is 0.366 e. The third-order valence-corrected chi connectivity index (χ3v) is 4.07. The van der Waals surface area contributed by atoms with Crippen molar-refractivity contribution in [2.75, 3.05) is 5.32 Å². The van der Waals surface area contributed by atoms with Crippen molar-refractivity contribution in [3.05, 3.63) is 69.5 Å². The Morgan fingerprint density at radius 2 is 1.82 bits per heavy atom. The molecule has 1 heterocycles. The number of nitrogens with zero attached hydrogens (tertiary/aromatic N) is 1. The highest BCUT2D eigenvalue weighted by Gasteiger charge is 2.09. The van der Waals surface area contributed by atoms with E-state index in [4.69, 9.17) is 23.2 Å². The fourth-order valence-corrected chi connectivity index (χ4v) is 2.63. The molecule has 0 atom stereocenters. The summed E-state index contributed by atoms with van der Waals surface area (Å²) in [5, 5.41) is 5.19. The SMILES string of the molecule is Cc1c(F)ccc2c(Cl)cc(NCc3ccc(Cl)cc3)nc12. The Bertz CT molecular complexity index is 832. The first-order valence-corrected chi connectivity index (χ1v) is 7.54. The molecule has 0 saturated heterocycles. The van der Waals surface area contributed by atoms with Gasteiger partial charge in [0.05, 0.1) is 10.5 Å². The Morgan fingerprint density at radius 1 is 1.09 bits per heavy atom. The van der Waals surface area contributed by atoms with Gasteiger partial charge in [0, 0.05) is 22.5 Å². The maximum Gasteiger partial charge on any atom is 0.128 e. The van der Waals surface area contributed by atoms with Crippen LogP contribution in [-0.2, 0) is 6.54 Å². The molecule has 0 amide bonds. The summed E-state index contributed by atoms with van der Waals surface area (Å²) < 4.78 is 13.7. The number of fused-ring (bicyclic) bond motifs is 1. The normalized spacial score (nSPS) is 10.9. The number of rotatable bonds is 3. The van der Waals surface area contributed by atoms with Crippen LogP contribution in [-0.4, -0.2) is 4.98 Å². The molecule has 1 aromatic heterocycles. The fraction of sp³-hybridized carbons (Fsp3) is 0.118. The number of aryl methyl sites for hydroxylation is 1. The number of aromatic nitrogens is 1. The van der Waals surface area contributed by atoms with E-state index in [1.54, 1.807) is 19.1 Å². The molecule has 0 saturated carbocycles. The molecule has 0 aliphatic heterocycles. The van der Waals surface area contributed by atoms with E-state index in [0.29, 0.717) is 33.5 Å². The molecule has 0 aliphatic carbocycles. The zero-order valence-electron chi connectivity index (χ0n) is 11.8. The molecule has 0 unspecified atom stereocenters. The van der Waals surface area contributed by atoms with Crippen LogP contribution in [0.1, 0.15) is 11.1 Å². The summed E-state index contributed by atoms with van der Waals surface area (Å²) in [5.41, 5.74) is 2.14. The molecule has 0 spiro atoms. The minimum Gasteiger partial charge on any atom is -0.366 e. The number of pyridine rings is 1. The van der Waals surface area contributed by atoms with Crippen LogP contribution in [0.5, 0.6) is 0 Å². The number of hydrogen-bond donors (Lipinski definition) is 1. The van der Waals surface area contributed by atoms with E-state index in [1.807, 2.05) is 24.3 Å². The van der Waals surface area contributed by atoms with Crippen molar-refractivity contribution < 1.29 is 4.39 Å². The van der Waals surface area contributed by atoms with Gasteiger partial charge in [0.15, 0.2) is 0 Å². The van der Waals surface area contributed by atoms with Gasteiger partial charge in [-0.3, -0.25) is 0 Å². The van der Waals surface area contributed by atoms with Gasteiger partial charge in [0.25, 0.3) is 0 Å². The molecule has 0 radical (unpaired) electrons. The Morgan fingerprint density at radius 3 is 2.55 bits per heavy atom. The summed E-state index contributed by atoms with van der Waals surface area (Å²) >= 11 is 12.1. The molecule has 1 N–H and O–H groups in total. The standard InChI is InChI=1S/C17H13Cl2FN2/c1-10-15(20)7-6-13-14(19)8-16(22-17(10)13)21-9-11-2-4-12(18)5-3-11/h2-8H,9H2,1H3,(H,21,22). The highest BCUT2D eigenvalue weighted by atomic mass is 35.5. The third kappa shape index (κ3) is 3.01. The van der Waals surface area contributed by atoms with Crippen LogP contribution in [0.3, 0.4) is 0 Å². The second-order valence-corrected chi connectivity index (χ2v) is 5.88. The van der Waals surface area contributed by atoms with Gasteiger partial charge in [0.2, 0.25) is 0 Å². The van der Waals surface area contributed by atoms with Gasteiger partial charge in [-0.05, 0) is 42.8 Å². The van der Waals surface area contributed by atoms with Gasteiger partial charge in [0.1, 0.15) is 11.6 Å². The van der Waals surface area contributed by atoms with Crippen molar-refractivity contribution in [2.24, 2.45) is 0 Å². The highest BCUT2D eigenvalue weighted by Crippen LogP contribution is 2.28. The van der Waals surface area contributed by atoms with E-state index < -0.39 is 0 Å². The van der Waals surface area contributed by atoms with Gasteiger partial charge in [-0.1, -0.05) is 35.3 Å². The molecule has 2 nitrogen and oxygen atoms in total. The van der Waals surface area contributed by atoms with Crippen molar-refractivity contribution in [1.82, 2.24) is 4.98 Å². The topological polar surface area (TPSA) is 24.9 Å². The van der Waals surface area contributed by atoms with Crippen molar-refractivity contribution in [1.29, 1.82) is 0 Å². The molecular formula is C17H13Cl2FN2. The Kier molecular flexibility index (Phi) is 4.19. The predicted molar refractivity (Wildman–Crippen MR) is 90.2 cm³/mol.